The lowest BCUT2D eigenvalue weighted by atomic mass is 9.67. The molecule has 0 spiro atoms. The molecule has 1 aliphatic carbocycles. The Morgan fingerprint density at radius 1 is 0.418 bits per heavy atom. The Bertz CT molecular complexity index is 3010. The molecule has 0 N–H and O–H groups in total. The number of ether oxygens (including phenoxy) is 1. The summed E-state index contributed by atoms with van der Waals surface area (Å²) >= 11 is 0. The molecule has 9 aromatic carbocycles. The van der Waals surface area contributed by atoms with Crippen molar-refractivity contribution in [2.24, 2.45) is 11.8 Å². The molecule has 0 amide bonds. The molecular formula is C65H59NO. The number of aryl methyl sites for hydroxylation is 2. The number of fused-ring (bicyclic) bond motifs is 3. The maximum absolute atomic E-state index is 6.60. The maximum Gasteiger partial charge on any atom is 0.127 e. The fourth-order valence-electron chi connectivity index (χ4n) is 10.7. The lowest BCUT2D eigenvalue weighted by Gasteiger charge is -2.35. The summed E-state index contributed by atoms with van der Waals surface area (Å²) in [4.78, 5) is 2.41. The highest BCUT2D eigenvalue weighted by molar-refractivity contribution is 5.90. The number of benzene rings is 9. The molecule has 0 saturated heterocycles. The lowest BCUT2D eigenvalue weighted by molar-refractivity contribution is 0.407. The topological polar surface area (TPSA) is 12.5 Å². The van der Waals surface area contributed by atoms with Gasteiger partial charge in [0.15, 0.2) is 0 Å². The van der Waals surface area contributed by atoms with Crippen LogP contribution in [0.3, 0.4) is 0 Å². The number of hydrogen-bond donors (Lipinski definition) is 0. The summed E-state index contributed by atoms with van der Waals surface area (Å²) in [5, 5.41) is 0. The molecule has 2 unspecified atom stereocenters. The van der Waals surface area contributed by atoms with Crippen molar-refractivity contribution in [1.29, 1.82) is 0 Å². The minimum atomic E-state index is -0.610. The molecule has 330 valence electrons. The van der Waals surface area contributed by atoms with Crippen molar-refractivity contribution in [3.63, 3.8) is 0 Å². The van der Waals surface area contributed by atoms with E-state index in [-0.39, 0.29) is 0 Å². The van der Waals surface area contributed by atoms with Crippen LogP contribution in [0.15, 0.2) is 218 Å². The van der Waals surface area contributed by atoms with E-state index in [1.807, 2.05) is 0 Å². The van der Waals surface area contributed by atoms with Crippen LogP contribution in [0.2, 0.25) is 0 Å². The second kappa shape index (κ2) is 18.5. The second-order valence-corrected chi connectivity index (χ2v) is 19.2. The van der Waals surface area contributed by atoms with E-state index in [9.17, 15) is 0 Å². The zero-order valence-corrected chi connectivity index (χ0v) is 39.6. The normalized spacial score (nSPS) is 14.4. The van der Waals surface area contributed by atoms with Crippen LogP contribution in [-0.2, 0) is 5.41 Å². The highest BCUT2D eigenvalue weighted by atomic mass is 16.5. The number of rotatable bonds is 13. The van der Waals surface area contributed by atoms with Crippen molar-refractivity contribution in [3.05, 3.63) is 257 Å². The van der Waals surface area contributed by atoms with E-state index in [0.29, 0.717) is 17.8 Å². The average Bonchev–Trinajstić information content (AvgIpc) is 3.65. The van der Waals surface area contributed by atoms with Crippen LogP contribution >= 0.6 is 0 Å². The highest BCUT2D eigenvalue weighted by Gasteiger charge is 2.46. The maximum atomic E-state index is 6.60. The molecule has 1 aliphatic rings. The first kappa shape index (κ1) is 43.5. The van der Waals surface area contributed by atoms with Gasteiger partial charge in [-0.05, 0) is 160 Å². The molecule has 2 heteroatoms. The third kappa shape index (κ3) is 8.49. The molecule has 2 atom stereocenters. The fourth-order valence-corrected chi connectivity index (χ4v) is 10.7. The smallest absolute Gasteiger partial charge is 0.127 e. The van der Waals surface area contributed by atoms with E-state index < -0.39 is 5.41 Å². The van der Waals surface area contributed by atoms with Crippen LogP contribution in [-0.4, -0.2) is 0 Å². The molecular weight excluding hydrogens is 811 g/mol. The van der Waals surface area contributed by atoms with Crippen LogP contribution in [0.25, 0.3) is 33.4 Å². The van der Waals surface area contributed by atoms with E-state index in [2.05, 4.69) is 265 Å². The summed E-state index contributed by atoms with van der Waals surface area (Å²) in [6.45, 7) is 13.7. The summed E-state index contributed by atoms with van der Waals surface area (Å²) in [5.41, 5.74) is 18.8. The molecule has 67 heavy (non-hydrogen) atoms. The Morgan fingerprint density at radius 3 is 1.43 bits per heavy atom. The van der Waals surface area contributed by atoms with Gasteiger partial charge in [0.05, 0.1) is 5.41 Å². The lowest BCUT2D eigenvalue weighted by Crippen LogP contribution is -2.29. The van der Waals surface area contributed by atoms with Gasteiger partial charge in [-0.3, -0.25) is 0 Å². The Hall–Kier alpha value is -7.42. The van der Waals surface area contributed by atoms with Crippen molar-refractivity contribution in [1.82, 2.24) is 0 Å². The largest absolute Gasteiger partial charge is 0.457 e. The molecule has 0 fully saturated rings. The van der Waals surface area contributed by atoms with Gasteiger partial charge in [0.1, 0.15) is 11.5 Å². The highest BCUT2D eigenvalue weighted by Crippen LogP contribution is 2.58. The number of anilines is 3. The van der Waals surface area contributed by atoms with Gasteiger partial charge in [0, 0.05) is 17.1 Å². The Morgan fingerprint density at radius 2 is 0.896 bits per heavy atom. The van der Waals surface area contributed by atoms with E-state index in [1.54, 1.807) is 0 Å². The first-order valence-corrected chi connectivity index (χ1v) is 24.0. The van der Waals surface area contributed by atoms with Crippen molar-refractivity contribution in [3.8, 4) is 44.9 Å². The van der Waals surface area contributed by atoms with Gasteiger partial charge in [0.25, 0.3) is 0 Å². The van der Waals surface area contributed by atoms with Crippen LogP contribution in [0.1, 0.15) is 79.0 Å². The summed E-state index contributed by atoms with van der Waals surface area (Å²) < 4.78 is 6.60. The van der Waals surface area contributed by atoms with Gasteiger partial charge in [-0.15, -0.1) is 0 Å². The standard InChI is InChI=1S/C65H59NO/c1-44(2)39-62(45(3)4)52-25-34-58(35-26-52)67-59-36-27-53(28-37-59)65(54-41-46(5)40-47(6)42-54)63-20-14-13-19-60(63)61-38-33-57(43-64(61)65)66(55-29-21-50(22-30-55)48-15-9-7-10-16-48)56-31-23-51(24-32-56)49-17-11-8-12-18-49/h7-38,40-45,62H,39H2,1-6H3. The Kier molecular flexibility index (Phi) is 12.0. The predicted octanol–water partition coefficient (Wildman–Crippen LogP) is 18.0. The summed E-state index contributed by atoms with van der Waals surface area (Å²) in [5.74, 6) is 3.42. The SMILES string of the molecule is Cc1cc(C)cc(C2(c3ccc(Oc4ccc(C(CC(C)C)C(C)C)cc4)cc3)c3ccccc3-c3ccc(N(c4ccc(-c5ccccc5)cc4)c4ccc(-c5ccccc5)cc4)cc32)c1. The summed E-state index contributed by atoms with van der Waals surface area (Å²) in [7, 11) is 0. The molecule has 9 aromatic rings. The van der Waals surface area contributed by atoms with Crippen molar-refractivity contribution in [2.45, 2.75) is 59.3 Å². The van der Waals surface area contributed by atoms with Crippen molar-refractivity contribution >= 4 is 17.1 Å². The molecule has 0 heterocycles. The molecule has 0 bridgehead atoms. The van der Waals surface area contributed by atoms with Gasteiger partial charge in [-0.1, -0.05) is 197 Å². The minimum Gasteiger partial charge on any atom is -0.457 e. The predicted molar refractivity (Wildman–Crippen MR) is 282 cm³/mol. The second-order valence-electron chi connectivity index (χ2n) is 19.2. The van der Waals surface area contributed by atoms with Gasteiger partial charge < -0.3 is 9.64 Å². The molecule has 0 saturated carbocycles. The first-order valence-electron chi connectivity index (χ1n) is 24.0. The van der Waals surface area contributed by atoms with E-state index >= 15 is 0 Å². The Labute approximate surface area is 398 Å². The monoisotopic (exact) mass is 869 g/mol. The minimum absolute atomic E-state index is 0.528. The van der Waals surface area contributed by atoms with Crippen LogP contribution < -0.4 is 9.64 Å². The molecule has 10 rings (SSSR count). The Balaban J connectivity index is 1.10. The van der Waals surface area contributed by atoms with E-state index in [4.69, 9.17) is 4.74 Å². The zero-order chi connectivity index (χ0) is 46.1. The van der Waals surface area contributed by atoms with Gasteiger partial charge in [-0.2, -0.15) is 0 Å². The molecule has 0 radical (unpaired) electrons. The van der Waals surface area contributed by atoms with Crippen LogP contribution in [0.4, 0.5) is 17.1 Å². The van der Waals surface area contributed by atoms with Gasteiger partial charge >= 0.3 is 0 Å². The summed E-state index contributed by atoms with van der Waals surface area (Å²) in [6.07, 6.45) is 1.18. The van der Waals surface area contributed by atoms with Gasteiger partial charge in [0.2, 0.25) is 0 Å². The van der Waals surface area contributed by atoms with Crippen LogP contribution in [0.5, 0.6) is 11.5 Å². The molecule has 2 nitrogen and oxygen atoms in total. The fraction of sp³-hybridized carbons (Fsp3) is 0.169. The van der Waals surface area contributed by atoms with Crippen molar-refractivity contribution in [2.75, 3.05) is 4.90 Å². The van der Waals surface area contributed by atoms with Crippen molar-refractivity contribution < 1.29 is 4.74 Å². The quantitative estimate of drug-likeness (QED) is 0.114. The third-order valence-electron chi connectivity index (χ3n) is 13.8. The first-order chi connectivity index (χ1) is 32.6. The third-order valence-corrected chi connectivity index (χ3v) is 13.8. The van der Waals surface area contributed by atoms with E-state index in [1.165, 1.54) is 78.7 Å². The number of hydrogen-bond acceptors (Lipinski definition) is 2. The molecule has 0 aliphatic heterocycles. The number of nitrogens with zero attached hydrogens (tertiary/aromatic N) is 1. The molecule has 0 aromatic heterocycles. The summed E-state index contributed by atoms with van der Waals surface area (Å²) in [6, 6.07) is 80.1. The van der Waals surface area contributed by atoms with Gasteiger partial charge in [-0.25, -0.2) is 0 Å². The average molecular weight is 870 g/mol. The zero-order valence-electron chi connectivity index (χ0n) is 39.6. The van der Waals surface area contributed by atoms with E-state index in [0.717, 1.165) is 28.6 Å². The van der Waals surface area contributed by atoms with Crippen LogP contribution in [0, 0.1) is 25.7 Å².